The minimum Gasteiger partial charge on any atom is -0.501 e. The van der Waals surface area contributed by atoms with Crippen molar-refractivity contribution < 1.29 is 33.2 Å². The third-order valence-corrected chi connectivity index (χ3v) is 15.0. The zero-order chi connectivity index (χ0) is 54.9. The van der Waals surface area contributed by atoms with Crippen LogP contribution in [0, 0.1) is 19.0 Å². The van der Waals surface area contributed by atoms with Crippen LogP contribution in [0.1, 0.15) is 111 Å². The smallest absolute Gasteiger partial charge is 0.501 e. The molecule has 13 rings (SSSR count). The molecule has 0 aliphatic heterocycles. The van der Waals surface area contributed by atoms with Crippen LogP contribution in [0.4, 0.5) is 0 Å². The first kappa shape index (κ1) is 47.6. The van der Waals surface area contributed by atoms with Crippen molar-refractivity contribution in [3.05, 3.63) is 228 Å². The second-order valence-electron chi connectivity index (χ2n) is 21.3. The van der Waals surface area contributed by atoms with Gasteiger partial charge in [0.1, 0.15) is 5.58 Å². The van der Waals surface area contributed by atoms with E-state index in [0.29, 0.717) is 28.6 Å². The van der Waals surface area contributed by atoms with Crippen LogP contribution in [0.5, 0.6) is 0 Å². The molecule has 380 valence electrons. The number of nitrogens with zero attached hydrogens (tertiary/aromatic N) is 4. The fraction of sp³-hybridized carbons (Fsp3) is 0.183. The Bertz CT molecular complexity index is 4380. The summed E-state index contributed by atoms with van der Waals surface area (Å²) >= 11 is 0. The standard InChI is InChI=1S/C46H37N2O.C25H25N2.Ir/c1-27(2)37-23-31(30-14-7-6-8-15-30)24-38(28(3)4)44(37)48-42-21-12-11-20-41(42)47-46(48)36-19-13-18-35-40-26-39-32(25-43(40)49-45(35)36)22-29(5)33-16-9-10-17-34(33)39;1-17(2)20-13-10-14-21(18(3)4)24(20)27-23-16-9-8-15-22(23)26-25(27)19-11-6-5-7-12-19;/h6-18,20-28H,1-5H3;5-11,13-18H,1-4H3;/q2*-1;+3/i5D3;;. The summed E-state index contributed by atoms with van der Waals surface area (Å²) in [6, 6.07) is 71.4. The van der Waals surface area contributed by atoms with Gasteiger partial charge in [-0.2, -0.15) is 0 Å². The van der Waals surface area contributed by atoms with Crippen LogP contribution >= 0.6 is 0 Å². The molecule has 0 bridgehead atoms. The van der Waals surface area contributed by atoms with Gasteiger partial charge in [-0.1, -0.05) is 169 Å². The van der Waals surface area contributed by atoms with Gasteiger partial charge in [-0.05, 0) is 140 Å². The summed E-state index contributed by atoms with van der Waals surface area (Å²) in [6.07, 6.45) is 0. The van der Waals surface area contributed by atoms with Gasteiger partial charge in [-0.25, -0.2) is 0 Å². The topological polar surface area (TPSA) is 48.9 Å². The zero-order valence-corrected chi connectivity index (χ0v) is 47.1. The SMILES string of the molecule is CC(C)c1cccc(C(C)C)c1-n1c(-c2[c-]cccc2)nc2ccccc21.[2H]C([2H])([2H])c1cc2cc3oc4c(-c5[n-]c6ccccc6[n+]5-c5c(C(C)C)cc(-c6ccccc6)cc5C(C)C)[c-]ccc4c3cc2c2ccccc12.[Ir+3]. The predicted octanol–water partition coefficient (Wildman–Crippen LogP) is 18.7. The normalized spacial score (nSPS) is 12.5. The van der Waals surface area contributed by atoms with Gasteiger partial charge in [0.2, 0.25) is 0 Å². The van der Waals surface area contributed by atoms with Gasteiger partial charge in [0.05, 0.1) is 39.3 Å². The average molecular weight is 1180 g/mol. The van der Waals surface area contributed by atoms with Gasteiger partial charge in [0.15, 0.2) is 0 Å². The van der Waals surface area contributed by atoms with Crippen LogP contribution in [0.15, 0.2) is 192 Å². The van der Waals surface area contributed by atoms with Gasteiger partial charge in [-0.15, -0.1) is 54.1 Å². The molecule has 3 heterocycles. The van der Waals surface area contributed by atoms with Crippen molar-refractivity contribution in [3.8, 4) is 45.3 Å². The Hall–Kier alpha value is -7.89. The number of hydrogen-bond donors (Lipinski definition) is 0. The maximum absolute atomic E-state index is 8.28. The number of furan rings is 1. The minimum atomic E-state index is -2.25. The van der Waals surface area contributed by atoms with Gasteiger partial charge in [0, 0.05) is 20.9 Å². The molecule has 10 aromatic carbocycles. The Kier molecular flexibility index (Phi) is 12.9. The molecule has 0 spiro atoms. The van der Waals surface area contributed by atoms with Crippen molar-refractivity contribution in [2.24, 2.45) is 0 Å². The second-order valence-corrected chi connectivity index (χ2v) is 21.3. The van der Waals surface area contributed by atoms with E-state index in [1.807, 2.05) is 60.7 Å². The van der Waals surface area contributed by atoms with E-state index in [0.717, 1.165) is 82.8 Å². The van der Waals surface area contributed by atoms with Crippen molar-refractivity contribution in [3.63, 3.8) is 0 Å². The molecule has 13 aromatic rings. The molecule has 0 saturated carbocycles. The Morgan fingerprint density at radius 1 is 0.558 bits per heavy atom. The molecule has 3 aromatic heterocycles. The first-order valence-electron chi connectivity index (χ1n) is 28.2. The number of para-hydroxylation sites is 5. The Morgan fingerprint density at radius 2 is 1.22 bits per heavy atom. The molecule has 0 saturated heterocycles. The number of aryl methyl sites for hydroxylation is 1. The van der Waals surface area contributed by atoms with Gasteiger partial charge < -0.3 is 13.6 Å². The number of aromatic nitrogens is 4. The summed E-state index contributed by atoms with van der Waals surface area (Å²) in [5.41, 5.74) is 17.6. The minimum absolute atomic E-state index is 0. The first-order chi connectivity index (χ1) is 38.2. The van der Waals surface area contributed by atoms with Crippen molar-refractivity contribution in [1.29, 1.82) is 0 Å². The maximum Gasteiger partial charge on any atom is 3.00 e. The molecule has 0 N–H and O–H groups in total. The van der Waals surface area contributed by atoms with Crippen molar-refractivity contribution in [1.82, 2.24) is 14.5 Å². The van der Waals surface area contributed by atoms with Crippen LogP contribution in [0.2, 0.25) is 0 Å². The third kappa shape index (κ3) is 9.08. The van der Waals surface area contributed by atoms with Crippen LogP contribution in [0.3, 0.4) is 0 Å². The summed E-state index contributed by atoms with van der Waals surface area (Å²) in [5, 5.41) is 5.39. The van der Waals surface area contributed by atoms with E-state index < -0.39 is 6.85 Å². The summed E-state index contributed by atoms with van der Waals surface area (Å²) in [7, 11) is 0. The van der Waals surface area contributed by atoms with Crippen LogP contribution in [0.25, 0.3) is 111 Å². The van der Waals surface area contributed by atoms with Crippen LogP contribution < -0.4 is 9.55 Å². The molecule has 0 aliphatic rings. The molecule has 0 amide bonds. The van der Waals surface area contributed by atoms with Gasteiger partial charge in [-0.3, -0.25) is 9.97 Å². The second kappa shape index (κ2) is 20.9. The molecule has 6 heteroatoms. The van der Waals surface area contributed by atoms with E-state index in [2.05, 4.69) is 198 Å². The van der Waals surface area contributed by atoms with E-state index in [4.69, 9.17) is 18.5 Å². The summed E-state index contributed by atoms with van der Waals surface area (Å²) in [6.45, 7) is 15.8. The van der Waals surface area contributed by atoms with E-state index in [9.17, 15) is 0 Å². The van der Waals surface area contributed by atoms with E-state index in [1.165, 1.54) is 39.1 Å². The number of fused-ring (bicyclic) bond motifs is 8. The first-order valence-corrected chi connectivity index (χ1v) is 26.7. The van der Waals surface area contributed by atoms with E-state index >= 15 is 0 Å². The molecule has 0 aliphatic carbocycles. The number of imidazole rings is 2. The Labute approximate surface area is 469 Å². The summed E-state index contributed by atoms with van der Waals surface area (Å²) < 4.78 is 36.3. The average Bonchev–Trinajstić information content (AvgIpc) is 4.29. The fourth-order valence-corrected chi connectivity index (χ4v) is 11.3. The number of hydrogen-bond acceptors (Lipinski definition) is 2. The summed E-state index contributed by atoms with van der Waals surface area (Å²) in [5.74, 6) is 3.03. The molecular weight excluding hydrogens is 1120 g/mol. The molecule has 0 radical (unpaired) electrons. The molecule has 0 fully saturated rings. The number of benzene rings is 10. The van der Waals surface area contributed by atoms with Gasteiger partial charge >= 0.3 is 20.1 Å². The van der Waals surface area contributed by atoms with E-state index in [-0.39, 0.29) is 31.9 Å². The van der Waals surface area contributed by atoms with Crippen molar-refractivity contribution >= 4 is 65.6 Å². The van der Waals surface area contributed by atoms with E-state index in [1.54, 1.807) is 6.07 Å². The molecular formula is C71H62IrN4O+. The molecule has 0 unspecified atom stereocenters. The zero-order valence-electron chi connectivity index (χ0n) is 47.7. The Morgan fingerprint density at radius 3 is 1.92 bits per heavy atom. The van der Waals surface area contributed by atoms with Crippen molar-refractivity contribution in [2.45, 2.75) is 85.9 Å². The Balaban J connectivity index is 0.000000203. The van der Waals surface area contributed by atoms with Gasteiger partial charge in [0.25, 0.3) is 0 Å². The monoisotopic (exact) mass is 1180 g/mol. The van der Waals surface area contributed by atoms with Crippen LogP contribution in [-0.2, 0) is 20.1 Å². The third-order valence-electron chi connectivity index (χ3n) is 15.0. The summed E-state index contributed by atoms with van der Waals surface area (Å²) in [4.78, 5) is 10.3. The maximum atomic E-state index is 8.28. The molecule has 77 heavy (non-hydrogen) atoms. The molecule has 0 atom stereocenters. The fourth-order valence-electron chi connectivity index (χ4n) is 11.3. The predicted molar refractivity (Wildman–Crippen MR) is 317 cm³/mol. The largest absolute Gasteiger partial charge is 3.00 e. The molecule has 5 nitrogen and oxygen atoms in total. The quantitative estimate of drug-likeness (QED) is 0.0822. The van der Waals surface area contributed by atoms with Crippen molar-refractivity contribution in [2.75, 3.05) is 0 Å². The van der Waals surface area contributed by atoms with Crippen LogP contribution in [-0.4, -0.2) is 9.55 Å². The number of rotatable bonds is 9.